The molecule has 2 aromatic carbocycles. The van der Waals surface area contributed by atoms with Crippen molar-refractivity contribution in [2.75, 3.05) is 18.4 Å². The summed E-state index contributed by atoms with van der Waals surface area (Å²) in [4.78, 5) is 13.8. The zero-order chi connectivity index (χ0) is 24.2. The van der Waals surface area contributed by atoms with Crippen molar-refractivity contribution < 1.29 is 4.39 Å². The van der Waals surface area contributed by atoms with Crippen LogP contribution >= 0.6 is 11.6 Å². The molecule has 7 nitrogen and oxygen atoms in total. The number of anilines is 1. The quantitative estimate of drug-likeness (QED) is 0.372. The molecule has 9 heteroatoms. The predicted molar refractivity (Wildman–Crippen MR) is 134 cm³/mol. The highest BCUT2D eigenvalue weighted by atomic mass is 35.5. The fourth-order valence-corrected chi connectivity index (χ4v) is 4.69. The predicted octanol–water partition coefficient (Wildman–Crippen LogP) is 5.16. The van der Waals surface area contributed by atoms with E-state index in [9.17, 15) is 4.39 Å². The molecular weight excluding hydrogens is 465 g/mol. The first kappa shape index (κ1) is 23.2. The van der Waals surface area contributed by atoms with Crippen molar-refractivity contribution >= 4 is 28.7 Å². The van der Waals surface area contributed by atoms with E-state index in [-0.39, 0.29) is 5.56 Å². The number of nitriles is 1. The zero-order valence-corrected chi connectivity index (χ0v) is 19.9. The number of halogens is 2. The summed E-state index contributed by atoms with van der Waals surface area (Å²) in [6, 6.07) is 14.1. The molecule has 35 heavy (non-hydrogen) atoms. The molecule has 0 aliphatic carbocycles. The monoisotopic (exact) mass is 489 g/mol. The Labute approximate surface area is 208 Å². The number of imidazole rings is 1. The summed E-state index contributed by atoms with van der Waals surface area (Å²) in [5.41, 5.74) is 2.80. The first-order valence-corrected chi connectivity index (χ1v) is 12.1. The average Bonchev–Trinajstić information content (AvgIpc) is 3.25. The Balaban J connectivity index is 1.50. The highest BCUT2D eigenvalue weighted by Crippen LogP contribution is 2.29. The first-order valence-electron chi connectivity index (χ1n) is 11.7. The smallest absolute Gasteiger partial charge is 0.225 e. The summed E-state index contributed by atoms with van der Waals surface area (Å²) < 4.78 is 17.0. The van der Waals surface area contributed by atoms with Gasteiger partial charge in [-0.1, -0.05) is 29.8 Å². The Morgan fingerprint density at radius 1 is 1.17 bits per heavy atom. The van der Waals surface area contributed by atoms with Crippen LogP contribution in [0, 0.1) is 23.1 Å². The lowest BCUT2D eigenvalue weighted by atomic mass is 9.94. The van der Waals surface area contributed by atoms with Crippen LogP contribution in [-0.4, -0.2) is 32.6 Å². The minimum absolute atomic E-state index is 0.273. The molecule has 0 saturated carbocycles. The lowest BCUT2D eigenvalue weighted by Crippen LogP contribution is -2.28. The maximum atomic E-state index is 15.0. The number of piperidine rings is 1. The summed E-state index contributed by atoms with van der Waals surface area (Å²) in [7, 11) is 0. The van der Waals surface area contributed by atoms with Crippen LogP contribution in [0.2, 0.25) is 5.02 Å². The first-order chi connectivity index (χ1) is 17.1. The second-order valence-electron chi connectivity index (χ2n) is 8.72. The van der Waals surface area contributed by atoms with Gasteiger partial charge < -0.3 is 15.2 Å². The summed E-state index contributed by atoms with van der Waals surface area (Å²) in [6.45, 7) is 3.18. The molecule has 0 bridgehead atoms. The molecule has 1 aliphatic rings. The van der Waals surface area contributed by atoms with E-state index in [0.29, 0.717) is 52.5 Å². The van der Waals surface area contributed by atoms with E-state index in [1.165, 1.54) is 6.07 Å². The van der Waals surface area contributed by atoms with E-state index in [4.69, 9.17) is 26.8 Å². The minimum atomic E-state index is -0.479. The van der Waals surface area contributed by atoms with Gasteiger partial charge >= 0.3 is 0 Å². The van der Waals surface area contributed by atoms with Crippen molar-refractivity contribution in [3.05, 3.63) is 70.6 Å². The highest BCUT2D eigenvalue weighted by Gasteiger charge is 2.20. The van der Waals surface area contributed by atoms with Crippen LogP contribution in [0.4, 0.5) is 10.3 Å². The third-order valence-corrected chi connectivity index (χ3v) is 6.81. The van der Waals surface area contributed by atoms with Crippen LogP contribution in [-0.2, 0) is 13.1 Å². The second kappa shape index (κ2) is 10.4. The van der Waals surface area contributed by atoms with Gasteiger partial charge in [0, 0.05) is 18.1 Å². The van der Waals surface area contributed by atoms with Crippen LogP contribution in [0.1, 0.15) is 30.4 Å². The molecule has 0 atom stereocenters. The van der Waals surface area contributed by atoms with Gasteiger partial charge in [-0.2, -0.15) is 10.2 Å². The van der Waals surface area contributed by atoms with E-state index in [1.54, 1.807) is 18.3 Å². The van der Waals surface area contributed by atoms with Crippen molar-refractivity contribution in [3.8, 4) is 17.5 Å². The Kier molecular flexibility index (Phi) is 6.89. The van der Waals surface area contributed by atoms with Gasteiger partial charge in [-0.15, -0.1) is 0 Å². The van der Waals surface area contributed by atoms with E-state index >= 15 is 0 Å². The molecule has 2 N–H and O–H groups in total. The maximum Gasteiger partial charge on any atom is 0.225 e. The molecule has 1 saturated heterocycles. The third-order valence-electron chi connectivity index (χ3n) is 6.44. The van der Waals surface area contributed by atoms with Gasteiger partial charge in [0.25, 0.3) is 0 Å². The van der Waals surface area contributed by atoms with Crippen LogP contribution in [0.25, 0.3) is 22.6 Å². The van der Waals surface area contributed by atoms with Gasteiger partial charge in [0.1, 0.15) is 17.2 Å². The van der Waals surface area contributed by atoms with Crippen LogP contribution in [0.15, 0.2) is 48.7 Å². The molecule has 1 aliphatic heterocycles. The summed E-state index contributed by atoms with van der Waals surface area (Å²) in [5.74, 6) is 1.06. The Hall–Kier alpha value is -3.54. The number of benzene rings is 2. The SMILES string of the molecule is N#Cc1ccc(-c2nc3cnc(NCc4ccccc4Cl)nc3n2CCC2CCNCC2)c(F)c1. The van der Waals surface area contributed by atoms with Gasteiger partial charge in [0.2, 0.25) is 5.95 Å². The van der Waals surface area contributed by atoms with Gasteiger partial charge in [-0.25, -0.2) is 14.4 Å². The van der Waals surface area contributed by atoms with Crippen molar-refractivity contribution in [2.45, 2.75) is 32.4 Å². The molecule has 178 valence electrons. The molecule has 5 rings (SSSR count). The van der Waals surface area contributed by atoms with Gasteiger partial charge in [-0.05, 0) is 68.1 Å². The number of aromatic nitrogens is 4. The molecule has 2 aromatic heterocycles. The topological polar surface area (TPSA) is 91.5 Å². The molecule has 0 unspecified atom stereocenters. The number of hydrogen-bond donors (Lipinski definition) is 2. The normalized spacial score (nSPS) is 14.2. The number of nitrogens with zero attached hydrogens (tertiary/aromatic N) is 5. The van der Waals surface area contributed by atoms with E-state index < -0.39 is 5.82 Å². The van der Waals surface area contributed by atoms with Gasteiger partial charge in [0.15, 0.2) is 5.65 Å². The van der Waals surface area contributed by atoms with E-state index in [1.807, 2.05) is 34.9 Å². The summed E-state index contributed by atoms with van der Waals surface area (Å²) in [6.07, 6.45) is 4.84. The van der Waals surface area contributed by atoms with E-state index in [2.05, 4.69) is 15.6 Å². The lowest BCUT2D eigenvalue weighted by molar-refractivity contribution is 0.339. The van der Waals surface area contributed by atoms with Gasteiger partial charge in [-0.3, -0.25) is 0 Å². The Morgan fingerprint density at radius 3 is 2.77 bits per heavy atom. The number of nitrogens with one attached hydrogen (secondary N) is 2. The maximum absolute atomic E-state index is 15.0. The molecule has 3 heterocycles. The Morgan fingerprint density at radius 2 is 2.00 bits per heavy atom. The lowest BCUT2D eigenvalue weighted by Gasteiger charge is -2.23. The van der Waals surface area contributed by atoms with E-state index in [0.717, 1.165) is 37.9 Å². The number of rotatable bonds is 7. The van der Waals surface area contributed by atoms with Crippen LogP contribution < -0.4 is 10.6 Å². The average molecular weight is 490 g/mol. The second-order valence-corrected chi connectivity index (χ2v) is 9.13. The van der Waals surface area contributed by atoms with Gasteiger partial charge in [0.05, 0.1) is 23.4 Å². The minimum Gasteiger partial charge on any atom is -0.350 e. The summed E-state index contributed by atoms with van der Waals surface area (Å²) >= 11 is 6.28. The van der Waals surface area contributed by atoms with Crippen molar-refractivity contribution in [1.82, 2.24) is 24.8 Å². The number of aryl methyl sites for hydroxylation is 1. The summed E-state index contributed by atoms with van der Waals surface area (Å²) in [5, 5.41) is 16.4. The van der Waals surface area contributed by atoms with Crippen LogP contribution in [0.3, 0.4) is 0 Å². The molecule has 0 spiro atoms. The molecule has 0 radical (unpaired) electrons. The fraction of sp³-hybridized carbons (Fsp3) is 0.308. The van der Waals surface area contributed by atoms with Crippen LogP contribution in [0.5, 0.6) is 0 Å². The van der Waals surface area contributed by atoms with Crippen molar-refractivity contribution in [3.63, 3.8) is 0 Å². The standard InChI is InChI=1S/C26H25ClFN7/c27-21-4-2-1-3-19(21)15-31-26-32-16-23-25(34-26)35(12-9-17-7-10-30-11-8-17)24(33-23)20-6-5-18(14-29)13-22(20)28/h1-6,13,16-17,30H,7-12,15H2,(H,31,32,34). The number of fused-ring (bicyclic) bond motifs is 1. The fourth-order valence-electron chi connectivity index (χ4n) is 4.49. The highest BCUT2D eigenvalue weighted by molar-refractivity contribution is 6.31. The zero-order valence-electron chi connectivity index (χ0n) is 19.1. The number of hydrogen-bond acceptors (Lipinski definition) is 6. The largest absolute Gasteiger partial charge is 0.350 e. The molecular formula is C26H25ClFN7. The third kappa shape index (κ3) is 5.11. The van der Waals surface area contributed by atoms with Crippen molar-refractivity contribution in [2.24, 2.45) is 5.92 Å². The Bertz CT molecular complexity index is 1390. The molecule has 0 amide bonds. The molecule has 4 aromatic rings. The molecule has 1 fully saturated rings. The van der Waals surface area contributed by atoms with Crippen molar-refractivity contribution in [1.29, 1.82) is 5.26 Å².